The summed E-state index contributed by atoms with van der Waals surface area (Å²) in [5.41, 5.74) is 6.72. The van der Waals surface area contributed by atoms with Gasteiger partial charge < -0.3 is 5.73 Å². The highest BCUT2D eigenvalue weighted by molar-refractivity contribution is 7.10. The molecule has 0 aromatic carbocycles. The number of hydrogen-bond donors (Lipinski definition) is 1. The van der Waals surface area contributed by atoms with E-state index in [-0.39, 0.29) is 0 Å². The number of nitrogens with two attached hydrogens (primary N) is 1. The van der Waals surface area contributed by atoms with Crippen molar-refractivity contribution in [1.29, 1.82) is 5.26 Å². The molecule has 0 bridgehead atoms. The van der Waals surface area contributed by atoms with Gasteiger partial charge in [0.1, 0.15) is 6.07 Å². The molecule has 0 aliphatic rings. The van der Waals surface area contributed by atoms with E-state index >= 15 is 0 Å². The Morgan fingerprint density at radius 2 is 2.44 bits per heavy atom. The molecule has 1 heterocycles. The first-order chi connectivity index (χ1) is 4.25. The second-order valence-corrected chi connectivity index (χ2v) is 2.81. The maximum absolute atomic E-state index is 8.41. The van der Waals surface area contributed by atoms with E-state index in [0.717, 1.165) is 4.88 Å². The Labute approximate surface area is 57.5 Å². The van der Waals surface area contributed by atoms with Crippen LogP contribution in [0.25, 0.3) is 0 Å². The molecular formula is C6H6N2S. The SMILES string of the molecule is Cc1scc(C#N)c1N. The molecule has 0 fully saturated rings. The normalized spacial score (nSPS) is 8.89. The fraction of sp³-hybridized carbons (Fsp3) is 0.167. The van der Waals surface area contributed by atoms with Crippen LogP contribution in [0.4, 0.5) is 5.69 Å². The van der Waals surface area contributed by atoms with Crippen molar-refractivity contribution in [3.8, 4) is 6.07 Å². The van der Waals surface area contributed by atoms with Crippen molar-refractivity contribution >= 4 is 17.0 Å². The standard InChI is InChI=1S/C6H6N2S/c1-4-6(8)5(2-7)3-9-4/h3H,8H2,1H3. The number of hydrogen-bond acceptors (Lipinski definition) is 3. The Hall–Kier alpha value is -1.01. The number of rotatable bonds is 0. The smallest absolute Gasteiger partial charge is 0.102 e. The molecule has 0 aliphatic carbocycles. The van der Waals surface area contributed by atoms with Crippen molar-refractivity contribution in [2.24, 2.45) is 0 Å². The Morgan fingerprint density at radius 3 is 2.67 bits per heavy atom. The van der Waals surface area contributed by atoms with Crippen LogP contribution < -0.4 is 5.73 Å². The van der Waals surface area contributed by atoms with E-state index in [1.54, 1.807) is 5.38 Å². The molecule has 0 unspecified atom stereocenters. The second kappa shape index (κ2) is 2.08. The minimum absolute atomic E-state index is 0.595. The number of thiophene rings is 1. The van der Waals surface area contributed by atoms with E-state index in [4.69, 9.17) is 11.0 Å². The molecule has 1 aromatic heterocycles. The third-order valence-electron chi connectivity index (χ3n) is 1.14. The van der Waals surface area contributed by atoms with Crippen molar-refractivity contribution in [2.45, 2.75) is 6.92 Å². The van der Waals surface area contributed by atoms with Crippen LogP contribution in [0, 0.1) is 18.3 Å². The minimum Gasteiger partial charge on any atom is -0.397 e. The number of nitrogens with zero attached hydrogens (tertiary/aromatic N) is 1. The highest BCUT2D eigenvalue weighted by atomic mass is 32.1. The van der Waals surface area contributed by atoms with Crippen LogP contribution in [-0.2, 0) is 0 Å². The van der Waals surface area contributed by atoms with Crippen molar-refractivity contribution in [3.05, 3.63) is 15.8 Å². The van der Waals surface area contributed by atoms with E-state index in [1.165, 1.54) is 11.3 Å². The van der Waals surface area contributed by atoms with E-state index in [0.29, 0.717) is 11.3 Å². The molecule has 0 aliphatic heterocycles. The number of aryl methyl sites for hydroxylation is 1. The summed E-state index contributed by atoms with van der Waals surface area (Å²) in [7, 11) is 0. The van der Waals surface area contributed by atoms with Crippen LogP contribution in [0.1, 0.15) is 10.4 Å². The summed E-state index contributed by atoms with van der Waals surface area (Å²) in [5, 5.41) is 10.2. The van der Waals surface area contributed by atoms with Crippen molar-refractivity contribution in [1.82, 2.24) is 0 Å². The molecule has 9 heavy (non-hydrogen) atoms. The van der Waals surface area contributed by atoms with Gasteiger partial charge >= 0.3 is 0 Å². The third-order valence-corrected chi connectivity index (χ3v) is 2.07. The Kier molecular flexibility index (Phi) is 1.41. The second-order valence-electron chi connectivity index (χ2n) is 1.73. The Morgan fingerprint density at radius 1 is 1.78 bits per heavy atom. The monoisotopic (exact) mass is 138 g/mol. The molecular weight excluding hydrogens is 132 g/mol. The van der Waals surface area contributed by atoms with Crippen molar-refractivity contribution < 1.29 is 0 Å². The minimum atomic E-state index is 0.595. The first kappa shape index (κ1) is 6.12. The van der Waals surface area contributed by atoms with Crippen LogP contribution in [0.5, 0.6) is 0 Å². The molecule has 1 aromatic rings. The van der Waals surface area contributed by atoms with Crippen LogP contribution in [0.2, 0.25) is 0 Å². The summed E-state index contributed by atoms with van der Waals surface area (Å²) in [6.45, 7) is 1.90. The molecule has 3 heteroatoms. The average Bonchev–Trinajstić information content (AvgIpc) is 2.15. The molecule has 0 atom stereocenters. The molecule has 2 N–H and O–H groups in total. The molecule has 46 valence electrons. The lowest BCUT2D eigenvalue weighted by Gasteiger charge is -1.85. The Balaban J connectivity index is 3.24. The fourth-order valence-corrected chi connectivity index (χ4v) is 1.26. The van der Waals surface area contributed by atoms with E-state index in [1.807, 2.05) is 13.0 Å². The van der Waals surface area contributed by atoms with Gasteiger partial charge in [0.05, 0.1) is 11.3 Å². The number of nitrogen functional groups attached to an aromatic ring is 1. The van der Waals surface area contributed by atoms with E-state index < -0.39 is 0 Å². The third kappa shape index (κ3) is 0.889. The number of nitriles is 1. The first-order valence-electron chi connectivity index (χ1n) is 2.49. The zero-order valence-corrected chi connectivity index (χ0v) is 5.83. The molecule has 0 saturated heterocycles. The zero-order chi connectivity index (χ0) is 6.85. The quantitative estimate of drug-likeness (QED) is 0.590. The summed E-state index contributed by atoms with van der Waals surface area (Å²) in [6, 6.07) is 2.00. The largest absolute Gasteiger partial charge is 0.397 e. The molecule has 0 spiro atoms. The molecule has 0 saturated carbocycles. The van der Waals surface area contributed by atoms with Gasteiger partial charge in [-0.1, -0.05) is 0 Å². The van der Waals surface area contributed by atoms with Gasteiger partial charge in [0, 0.05) is 10.3 Å². The van der Waals surface area contributed by atoms with Gasteiger partial charge in [-0.2, -0.15) is 5.26 Å². The summed E-state index contributed by atoms with van der Waals surface area (Å²) in [4.78, 5) is 1.02. The first-order valence-corrected chi connectivity index (χ1v) is 3.37. The van der Waals surface area contributed by atoms with Gasteiger partial charge in [0.15, 0.2) is 0 Å². The molecule has 0 amide bonds. The van der Waals surface area contributed by atoms with Crippen LogP contribution in [0.15, 0.2) is 5.38 Å². The zero-order valence-electron chi connectivity index (χ0n) is 5.01. The van der Waals surface area contributed by atoms with Gasteiger partial charge in [-0.25, -0.2) is 0 Å². The molecule has 1 rings (SSSR count). The van der Waals surface area contributed by atoms with Gasteiger partial charge in [-0.15, -0.1) is 11.3 Å². The predicted octanol–water partition coefficient (Wildman–Crippen LogP) is 1.51. The van der Waals surface area contributed by atoms with Crippen LogP contribution >= 0.6 is 11.3 Å². The van der Waals surface area contributed by atoms with Gasteiger partial charge in [-0.05, 0) is 6.92 Å². The topological polar surface area (TPSA) is 49.8 Å². The van der Waals surface area contributed by atoms with Gasteiger partial charge in [0.2, 0.25) is 0 Å². The molecule has 2 nitrogen and oxygen atoms in total. The summed E-state index contributed by atoms with van der Waals surface area (Å²) in [6.07, 6.45) is 0. The fourth-order valence-electron chi connectivity index (χ4n) is 0.551. The average molecular weight is 138 g/mol. The summed E-state index contributed by atoms with van der Waals surface area (Å²) < 4.78 is 0. The maximum Gasteiger partial charge on any atom is 0.102 e. The van der Waals surface area contributed by atoms with Crippen molar-refractivity contribution in [3.63, 3.8) is 0 Å². The maximum atomic E-state index is 8.41. The van der Waals surface area contributed by atoms with Crippen LogP contribution in [-0.4, -0.2) is 0 Å². The van der Waals surface area contributed by atoms with Gasteiger partial charge in [0.25, 0.3) is 0 Å². The highest BCUT2D eigenvalue weighted by Crippen LogP contribution is 2.22. The predicted molar refractivity (Wildman–Crippen MR) is 38.2 cm³/mol. The summed E-state index contributed by atoms with van der Waals surface area (Å²) in [5.74, 6) is 0. The lowest BCUT2D eigenvalue weighted by atomic mass is 10.3. The molecule has 0 radical (unpaired) electrons. The Bertz CT molecular complexity index is 257. The number of anilines is 1. The lowest BCUT2D eigenvalue weighted by molar-refractivity contribution is 1.50. The van der Waals surface area contributed by atoms with E-state index in [9.17, 15) is 0 Å². The summed E-state index contributed by atoms with van der Waals surface area (Å²) >= 11 is 1.51. The lowest BCUT2D eigenvalue weighted by Crippen LogP contribution is -1.85. The van der Waals surface area contributed by atoms with Crippen molar-refractivity contribution in [2.75, 3.05) is 5.73 Å². The van der Waals surface area contributed by atoms with E-state index in [2.05, 4.69) is 0 Å². The highest BCUT2D eigenvalue weighted by Gasteiger charge is 2.01. The van der Waals surface area contributed by atoms with Crippen LogP contribution in [0.3, 0.4) is 0 Å². The van der Waals surface area contributed by atoms with Gasteiger partial charge in [-0.3, -0.25) is 0 Å².